The lowest BCUT2D eigenvalue weighted by Gasteiger charge is -2.28. The van der Waals surface area contributed by atoms with Gasteiger partial charge < -0.3 is 20.1 Å². The van der Waals surface area contributed by atoms with Gasteiger partial charge in [-0.25, -0.2) is 9.59 Å². The molecule has 0 aromatic heterocycles. The third kappa shape index (κ3) is 5.49. The number of hydrogen-bond acceptors (Lipinski definition) is 4. The molecule has 0 bridgehead atoms. The molecule has 9 heteroatoms. The summed E-state index contributed by atoms with van der Waals surface area (Å²) in [4.78, 5) is 38.0. The maximum atomic E-state index is 13.1. The fourth-order valence-electron chi connectivity index (χ4n) is 2.86. The highest BCUT2D eigenvalue weighted by atomic mass is 35.5. The standard InChI is InChI=1S/C18H22Cl2N2O5/c1-18(2,3)27-17(26)21-14(10-6-7-11(19)12(20)9-10)15(23)22-8-4-5-13(22)16(24)25/h6-7,9,13-14H,4-5,8H2,1-3H3,(H,21,26)(H,24,25)/t13-,14?/m0/s1. The first kappa shape index (κ1) is 21.3. The molecule has 148 valence electrons. The molecule has 2 rings (SSSR count). The number of amides is 2. The molecule has 2 atom stereocenters. The molecule has 1 aliphatic rings. The second kappa shape index (κ2) is 8.35. The summed E-state index contributed by atoms with van der Waals surface area (Å²) < 4.78 is 5.23. The molecule has 0 radical (unpaired) electrons. The van der Waals surface area contributed by atoms with Crippen LogP contribution >= 0.6 is 23.2 Å². The Morgan fingerprint density at radius 1 is 1.26 bits per heavy atom. The van der Waals surface area contributed by atoms with Crippen molar-refractivity contribution in [1.82, 2.24) is 10.2 Å². The number of nitrogens with one attached hydrogen (secondary N) is 1. The number of carboxylic acids is 1. The van der Waals surface area contributed by atoms with Gasteiger partial charge in [-0.05, 0) is 51.3 Å². The lowest BCUT2D eigenvalue weighted by molar-refractivity contribution is -0.149. The predicted octanol–water partition coefficient (Wildman–Crippen LogP) is 3.63. The number of ether oxygens (including phenoxy) is 1. The molecule has 7 nitrogen and oxygen atoms in total. The van der Waals surface area contributed by atoms with Gasteiger partial charge >= 0.3 is 12.1 Å². The molecule has 1 aromatic rings. The highest BCUT2D eigenvalue weighted by Gasteiger charge is 2.38. The van der Waals surface area contributed by atoms with Crippen LogP contribution in [0.15, 0.2) is 18.2 Å². The molecular formula is C18H22Cl2N2O5. The van der Waals surface area contributed by atoms with E-state index < -0.39 is 35.7 Å². The third-order valence-corrected chi connectivity index (χ3v) is 4.74. The fourth-order valence-corrected chi connectivity index (χ4v) is 3.16. The van der Waals surface area contributed by atoms with E-state index in [1.54, 1.807) is 26.8 Å². The molecule has 0 aliphatic carbocycles. The number of carbonyl (C=O) groups is 3. The highest BCUT2D eigenvalue weighted by Crippen LogP contribution is 2.29. The third-order valence-electron chi connectivity index (χ3n) is 4.01. The quantitative estimate of drug-likeness (QED) is 0.780. The first-order chi connectivity index (χ1) is 12.5. The van der Waals surface area contributed by atoms with Crippen molar-refractivity contribution in [3.05, 3.63) is 33.8 Å². The maximum absolute atomic E-state index is 13.1. The number of aliphatic carboxylic acids is 1. The first-order valence-electron chi connectivity index (χ1n) is 8.47. The molecule has 1 aliphatic heterocycles. The van der Waals surface area contributed by atoms with Crippen molar-refractivity contribution in [2.45, 2.75) is 51.3 Å². The maximum Gasteiger partial charge on any atom is 0.408 e. The number of likely N-dealkylation sites (tertiary alicyclic amines) is 1. The minimum absolute atomic E-state index is 0.217. The predicted molar refractivity (Wildman–Crippen MR) is 101 cm³/mol. The zero-order valence-electron chi connectivity index (χ0n) is 15.3. The van der Waals surface area contributed by atoms with Gasteiger partial charge in [0.1, 0.15) is 17.7 Å². The lowest BCUT2D eigenvalue weighted by Crippen LogP contribution is -2.48. The number of carbonyl (C=O) groups excluding carboxylic acids is 2. The van der Waals surface area contributed by atoms with Gasteiger partial charge in [-0.1, -0.05) is 29.3 Å². The van der Waals surface area contributed by atoms with Crippen LogP contribution in [0.1, 0.15) is 45.2 Å². The van der Waals surface area contributed by atoms with E-state index in [2.05, 4.69) is 5.32 Å². The van der Waals surface area contributed by atoms with Crippen LogP contribution in [0.25, 0.3) is 0 Å². The second-order valence-electron chi connectivity index (χ2n) is 7.28. The van der Waals surface area contributed by atoms with E-state index in [9.17, 15) is 19.5 Å². The van der Waals surface area contributed by atoms with Crippen molar-refractivity contribution < 1.29 is 24.2 Å². The normalized spacial score (nSPS) is 18.1. The van der Waals surface area contributed by atoms with Crippen LogP contribution in [-0.2, 0) is 14.3 Å². The summed E-state index contributed by atoms with van der Waals surface area (Å²) in [5.74, 6) is -1.62. The molecule has 1 aromatic carbocycles. The monoisotopic (exact) mass is 416 g/mol. The van der Waals surface area contributed by atoms with Crippen molar-refractivity contribution in [2.24, 2.45) is 0 Å². The fraction of sp³-hybridized carbons (Fsp3) is 0.500. The lowest BCUT2D eigenvalue weighted by atomic mass is 10.0. The Morgan fingerprint density at radius 2 is 1.93 bits per heavy atom. The van der Waals surface area contributed by atoms with Gasteiger partial charge in [0.2, 0.25) is 0 Å². The van der Waals surface area contributed by atoms with Crippen molar-refractivity contribution in [3.63, 3.8) is 0 Å². The largest absolute Gasteiger partial charge is 0.480 e. The molecule has 0 saturated carbocycles. The number of rotatable bonds is 4. The Balaban J connectivity index is 2.33. The van der Waals surface area contributed by atoms with Crippen molar-refractivity contribution in [1.29, 1.82) is 0 Å². The molecule has 0 spiro atoms. The van der Waals surface area contributed by atoms with Crippen LogP contribution in [0.2, 0.25) is 10.0 Å². The first-order valence-corrected chi connectivity index (χ1v) is 9.23. The smallest absolute Gasteiger partial charge is 0.408 e. The van der Waals surface area contributed by atoms with Crippen LogP contribution in [0.3, 0.4) is 0 Å². The van der Waals surface area contributed by atoms with Crippen LogP contribution < -0.4 is 5.32 Å². The number of hydrogen-bond donors (Lipinski definition) is 2. The molecule has 1 saturated heterocycles. The Morgan fingerprint density at radius 3 is 2.48 bits per heavy atom. The number of alkyl carbamates (subject to hydrolysis) is 1. The Labute approximate surface area is 167 Å². The summed E-state index contributed by atoms with van der Waals surface area (Å²) in [7, 11) is 0. The molecule has 1 unspecified atom stereocenters. The van der Waals surface area contributed by atoms with E-state index in [1.807, 2.05) is 0 Å². The van der Waals surface area contributed by atoms with Gasteiger partial charge in [0.15, 0.2) is 0 Å². The number of benzene rings is 1. The van der Waals surface area contributed by atoms with Crippen LogP contribution in [0, 0.1) is 0 Å². The highest BCUT2D eigenvalue weighted by molar-refractivity contribution is 6.42. The molecule has 2 amide bonds. The zero-order chi connectivity index (χ0) is 20.4. The van der Waals surface area contributed by atoms with Gasteiger partial charge in [-0.15, -0.1) is 0 Å². The second-order valence-corrected chi connectivity index (χ2v) is 8.10. The van der Waals surface area contributed by atoms with Gasteiger partial charge in [0, 0.05) is 6.54 Å². The van der Waals surface area contributed by atoms with Gasteiger partial charge in [0.05, 0.1) is 10.0 Å². The zero-order valence-corrected chi connectivity index (χ0v) is 16.8. The van der Waals surface area contributed by atoms with E-state index in [0.717, 1.165) is 0 Å². The number of halogens is 2. The molecule has 1 fully saturated rings. The van der Waals surface area contributed by atoms with E-state index in [1.165, 1.54) is 17.0 Å². The van der Waals surface area contributed by atoms with Crippen LogP contribution in [0.5, 0.6) is 0 Å². The Bertz CT molecular complexity index is 748. The van der Waals surface area contributed by atoms with E-state index in [-0.39, 0.29) is 5.02 Å². The summed E-state index contributed by atoms with van der Waals surface area (Å²) in [6, 6.07) is 2.46. The van der Waals surface area contributed by atoms with E-state index in [4.69, 9.17) is 27.9 Å². The van der Waals surface area contributed by atoms with Crippen molar-refractivity contribution in [3.8, 4) is 0 Å². The summed E-state index contributed by atoms with van der Waals surface area (Å²) >= 11 is 12.0. The number of carboxylic acid groups (broad SMARTS) is 1. The van der Waals surface area contributed by atoms with Crippen molar-refractivity contribution >= 4 is 41.2 Å². The molecule has 2 N–H and O–H groups in total. The van der Waals surface area contributed by atoms with Crippen LogP contribution in [0.4, 0.5) is 4.79 Å². The van der Waals surface area contributed by atoms with E-state index >= 15 is 0 Å². The average molecular weight is 417 g/mol. The van der Waals surface area contributed by atoms with E-state index in [0.29, 0.717) is 30.0 Å². The molecular weight excluding hydrogens is 395 g/mol. The summed E-state index contributed by atoms with van der Waals surface area (Å²) in [6.07, 6.45) is 0.142. The van der Waals surface area contributed by atoms with Gasteiger partial charge in [-0.3, -0.25) is 4.79 Å². The Kier molecular flexibility index (Phi) is 6.59. The molecule has 1 heterocycles. The average Bonchev–Trinajstić information content (AvgIpc) is 3.03. The molecule has 27 heavy (non-hydrogen) atoms. The van der Waals surface area contributed by atoms with Crippen molar-refractivity contribution in [2.75, 3.05) is 6.54 Å². The SMILES string of the molecule is CC(C)(C)OC(=O)NC(C(=O)N1CCC[C@H]1C(=O)O)c1ccc(Cl)c(Cl)c1. The Hall–Kier alpha value is -1.99. The summed E-state index contributed by atoms with van der Waals surface area (Å²) in [6.45, 7) is 5.39. The minimum atomic E-state index is -1.14. The summed E-state index contributed by atoms with van der Waals surface area (Å²) in [5, 5.41) is 12.4. The van der Waals surface area contributed by atoms with Gasteiger partial charge in [-0.2, -0.15) is 0 Å². The minimum Gasteiger partial charge on any atom is -0.480 e. The number of nitrogens with zero attached hydrogens (tertiary/aromatic N) is 1. The summed E-state index contributed by atoms with van der Waals surface area (Å²) in [5.41, 5.74) is -0.372. The van der Waals surface area contributed by atoms with Crippen LogP contribution in [-0.4, -0.2) is 46.2 Å². The van der Waals surface area contributed by atoms with Gasteiger partial charge in [0.25, 0.3) is 5.91 Å². The topological polar surface area (TPSA) is 95.9 Å².